The number of fused-ring (bicyclic) bond motifs is 1. The van der Waals surface area contributed by atoms with Crippen molar-refractivity contribution in [1.29, 1.82) is 5.41 Å². The van der Waals surface area contributed by atoms with Crippen LogP contribution in [-0.4, -0.2) is 11.7 Å². The number of amidine groups is 1. The lowest BCUT2D eigenvalue weighted by Gasteiger charge is -1.95. The molecule has 1 aromatic carbocycles. The number of hydrogen-bond donors (Lipinski definition) is 3. The summed E-state index contributed by atoms with van der Waals surface area (Å²) in [4.78, 5) is 10.9. The van der Waals surface area contributed by atoms with Gasteiger partial charge in [0.15, 0.2) is 5.76 Å². The molecule has 5 heteroatoms. The van der Waals surface area contributed by atoms with Crippen LogP contribution in [0.4, 0.5) is 0 Å². The van der Waals surface area contributed by atoms with Crippen molar-refractivity contribution in [3.05, 3.63) is 35.6 Å². The average Bonchev–Trinajstić information content (AvgIpc) is 2.59. The highest BCUT2D eigenvalue weighted by molar-refractivity contribution is 6.00. The maximum atomic E-state index is 10.9. The quantitative estimate of drug-likeness (QED) is 0.496. The van der Waals surface area contributed by atoms with Gasteiger partial charge >= 0.3 is 0 Å². The zero-order valence-electron chi connectivity index (χ0n) is 7.78. The number of benzene rings is 1. The van der Waals surface area contributed by atoms with E-state index in [9.17, 15) is 4.79 Å². The van der Waals surface area contributed by atoms with Gasteiger partial charge in [0.05, 0.1) is 0 Å². The minimum atomic E-state index is -0.615. The zero-order chi connectivity index (χ0) is 11.0. The van der Waals surface area contributed by atoms with Crippen molar-refractivity contribution in [2.75, 3.05) is 0 Å². The lowest BCUT2D eigenvalue weighted by atomic mass is 10.1. The molecule has 5 N–H and O–H groups in total. The fourth-order valence-corrected chi connectivity index (χ4v) is 1.33. The summed E-state index contributed by atoms with van der Waals surface area (Å²) in [6.07, 6.45) is 0. The molecule has 1 amide bonds. The SMILES string of the molecule is N=C(N)c1ccc2oc(C(N)=O)cc2c1. The number of nitrogens with two attached hydrogens (primary N) is 2. The van der Waals surface area contributed by atoms with Crippen molar-refractivity contribution in [3.63, 3.8) is 0 Å². The summed E-state index contributed by atoms with van der Waals surface area (Å²) in [6.45, 7) is 0. The van der Waals surface area contributed by atoms with E-state index in [1.807, 2.05) is 0 Å². The van der Waals surface area contributed by atoms with Crippen LogP contribution in [-0.2, 0) is 0 Å². The Bertz CT molecular complexity index is 545. The normalized spacial score (nSPS) is 10.4. The van der Waals surface area contributed by atoms with E-state index < -0.39 is 5.91 Å². The maximum Gasteiger partial charge on any atom is 0.284 e. The number of carbonyl (C=O) groups excluding carboxylic acids is 1. The Balaban J connectivity index is 2.62. The molecule has 15 heavy (non-hydrogen) atoms. The number of primary amides is 1. The van der Waals surface area contributed by atoms with Gasteiger partial charge in [0, 0.05) is 10.9 Å². The van der Waals surface area contributed by atoms with E-state index in [1.165, 1.54) is 6.07 Å². The Morgan fingerprint density at radius 1 is 1.27 bits per heavy atom. The predicted molar refractivity (Wildman–Crippen MR) is 55.7 cm³/mol. The van der Waals surface area contributed by atoms with Gasteiger partial charge in [-0.25, -0.2) is 0 Å². The molecule has 0 spiro atoms. The molecule has 0 aliphatic carbocycles. The molecular weight excluding hydrogens is 194 g/mol. The number of rotatable bonds is 2. The van der Waals surface area contributed by atoms with Crippen molar-refractivity contribution in [3.8, 4) is 0 Å². The van der Waals surface area contributed by atoms with Crippen LogP contribution in [0.3, 0.4) is 0 Å². The van der Waals surface area contributed by atoms with Gasteiger partial charge in [-0.2, -0.15) is 0 Å². The van der Waals surface area contributed by atoms with Gasteiger partial charge in [0.25, 0.3) is 5.91 Å². The molecule has 0 radical (unpaired) electrons. The summed E-state index contributed by atoms with van der Waals surface area (Å²) in [7, 11) is 0. The van der Waals surface area contributed by atoms with Crippen LogP contribution in [0.2, 0.25) is 0 Å². The van der Waals surface area contributed by atoms with Crippen molar-refractivity contribution >= 4 is 22.7 Å². The van der Waals surface area contributed by atoms with Gasteiger partial charge in [-0.3, -0.25) is 10.2 Å². The molecule has 5 nitrogen and oxygen atoms in total. The summed E-state index contributed by atoms with van der Waals surface area (Å²) in [5, 5.41) is 7.96. The van der Waals surface area contributed by atoms with Crippen LogP contribution >= 0.6 is 0 Å². The van der Waals surface area contributed by atoms with Crippen molar-refractivity contribution < 1.29 is 9.21 Å². The number of carbonyl (C=O) groups is 1. The Morgan fingerprint density at radius 2 is 2.00 bits per heavy atom. The zero-order valence-corrected chi connectivity index (χ0v) is 7.78. The Morgan fingerprint density at radius 3 is 2.60 bits per heavy atom. The standard InChI is InChI=1S/C10H9N3O2/c11-9(12)5-1-2-7-6(3-5)4-8(15-7)10(13)14/h1-4H,(H3,11,12)(H2,13,14). The third-order valence-corrected chi connectivity index (χ3v) is 2.07. The summed E-state index contributed by atoms with van der Waals surface area (Å²) in [5.74, 6) is -0.542. The molecule has 2 rings (SSSR count). The first-order valence-corrected chi connectivity index (χ1v) is 4.26. The van der Waals surface area contributed by atoms with Crippen LogP contribution in [0.25, 0.3) is 11.0 Å². The van der Waals surface area contributed by atoms with Gasteiger partial charge in [0.2, 0.25) is 0 Å². The third-order valence-electron chi connectivity index (χ3n) is 2.07. The van der Waals surface area contributed by atoms with E-state index in [-0.39, 0.29) is 11.6 Å². The molecule has 0 saturated carbocycles. The van der Waals surface area contributed by atoms with Gasteiger partial charge < -0.3 is 15.9 Å². The molecule has 0 unspecified atom stereocenters. The molecule has 1 aromatic heterocycles. The fraction of sp³-hybridized carbons (Fsp3) is 0. The maximum absolute atomic E-state index is 10.9. The van der Waals surface area contributed by atoms with Gasteiger partial charge in [-0.05, 0) is 24.3 Å². The fourth-order valence-electron chi connectivity index (χ4n) is 1.33. The summed E-state index contributed by atoms with van der Waals surface area (Å²) in [5.41, 5.74) is 11.5. The molecule has 0 atom stereocenters. The van der Waals surface area contributed by atoms with E-state index in [0.29, 0.717) is 16.5 Å². The van der Waals surface area contributed by atoms with E-state index >= 15 is 0 Å². The second kappa shape index (κ2) is 3.13. The molecular formula is C10H9N3O2. The lowest BCUT2D eigenvalue weighted by molar-refractivity contribution is 0.0976. The predicted octanol–water partition coefficient (Wildman–Crippen LogP) is 0.816. The second-order valence-corrected chi connectivity index (χ2v) is 3.14. The Hall–Kier alpha value is -2.30. The van der Waals surface area contributed by atoms with Crippen molar-refractivity contribution in [1.82, 2.24) is 0 Å². The molecule has 1 heterocycles. The lowest BCUT2D eigenvalue weighted by Crippen LogP contribution is -2.10. The number of amides is 1. The number of nitrogen functional groups attached to an aromatic ring is 1. The summed E-state index contributed by atoms with van der Waals surface area (Å²) < 4.78 is 5.18. The molecule has 0 aliphatic heterocycles. The third kappa shape index (κ3) is 1.54. The molecule has 0 bridgehead atoms. The molecule has 0 saturated heterocycles. The van der Waals surface area contributed by atoms with E-state index in [4.69, 9.17) is 21.3 Å². The smallest absolute Gasteiger partial charge is 0.284 e. The van der Waals surface area contributed by atoms with Crippen molar-refractivity contribution in [2.24, 2.45) is 11.5 Å². The molecule has 0 fully saturated rings. The number of hydrogen-bond acceptors (Lipinski definition) is 3. The highest BCUT2D eigenvalue weighted by Gasteiger charge is 2.09. The minimum Gasteiger partial charge on any atom is -0.451 e. The first-order valence-electron chi connectivity index (χ1n) is 4.26. The average molecular weight is 203 g/mol. The van der Waals surface area contributed by atoms with Crippen LogP contribution in [0.1, 0.15) is 16.1 Å². The number of nitrogens with one attached hydrogen (secondary N) is 1. The summed E-state index contributed by atoms with van der Waals surface area (Å²) >= 11 is 0. The highest BCUT2D eigenvalue weighted by Crippen LogP contribution is 2.20. The van der Waals surface area contributed by atoms with Crippen LogP contribution < -0.4 is 11.5 Å². The van der Waals surface area contributed by atoms with Crippen LogP contribution in [0, 0.1) is 5.41 Å². The largest absolute Gasteiger partial charge is 0.451 e. The second-order valence-electron chi connectivity index (χ2n) is 3.14. The summed E-state index contributed by atoms with van der Waals surface area (Å²) in [6, 6.07) is 6.51. The van der Waals surface area contributed by atoms with E-state index in [2.05, 4.69) is 0 Å². The molecule has 0 aliphatic rings. The first-order chi connectivity index (χ1) is 7.08. The van der Waals surface area contributed by atoms with Gasteiger partial charge in [-0.15, -0.1) is 0 Å². The van der Waals surface area contributed by atoms with E-state index in [1.54, 1.807) is 18.2 Å². The molecule has 76 valence electrons. The monoisotopic (exact) mass is 203 g/mol. The Kier molecular flexibility index (Phi) is 1.93. The van der Waals surface area contributed by atoms with Gasteiger partial charge in [-0.1, -0.05) is 0 Å². The topological polar surface area (TPSA) is 106 Å². The molecule has 2 aromatic rings. The minimum absolute atomic E-state index is 0.0290. The van der Waals surface area contributed by atoms with Crippen molar-refractivity contribution in [2.45, 2.75) is 0 Å². The van der Waals surface area contributed by atoms with E-state index in [0.717, 1.165) is 0 Å². The highest BCUT2D eigenvalue weighted by atomic mass is 16.3. The number of furan rings is 1. The van der Waals surface area contributed by atoms with Crippen LogP contribution in [0.5, 0.6) is 0 Å². The first kappa shape index (κ1) is 9.26. The van der Waals surface area contributed by atoms with Gasteiger partial charge in [0.1, 0.15) is 11.4 Å². The van der Waals surface area contributed by atoms with Crippen LogP contribution in [0.15, 0.2) is 28.7 Å². The Labute approximate surface area is 85.2 Å².